The summed E-state index contributed by atoms with van der Waals surface area (Å²) in [7, 11) is 0. The Hall–Kier alpha value is -0.530. The van der Waals surface area contributed by atoms with Crippen LogP contribution in [0.4, 0.5) is 0 Å². The number of hydrogen-bond donors (Lipinski definition) is 1. The normalized spacial score (nSPS) is 14.1. The minimum atomic E-state index is -0.0550. The van der Waals surface area contributed by atoms with Crippen LogP contribution in [0.3, 0.4) is 0 Å². The van der Waals surface area contributed by atoms with E-state index in [2.05, 4.69) is 12.2 Å². The molecule has 1 N–H and O–H groups in total. The van der Waals surface area contributed by atoms with Gasteiger partial charge in [0.2, 0.25) is 5.91 Å². The topological polar surface area (TPSA) is 29.1 Å². The van der Waals surface area contributed by atoms with Crippen LogP contribution in [0.1, 0.15) is 47.5 Å². The highest BCUT2D eigenvalue weighted by Gasteiger charge is 2.20. The molecular formula is C10H21NO. The molecule has 0 aliphatic heterocycles. The lowest BCUT2D eigenvalue weighted by Gasteiger charge is -2.26. The highest BCUT2D eigenvalue weighted by molar-refractivity contribution is 5.78. The fraction of sp³-hybridized carbons (Fsp3) is 0.900. The van der Waals surface area contributed by atoms with Gasteiger partial charge in [0, 0.05) is 11.5 Å². The van der Waals surface area contributed by atoms with E-state index < -0.39 is 0 Å². The molecule has 1 atom stereocenters. The van der Waals surface area contributed by atoms with Crippen molar-refractivity contribution in [1.29, 1.82) is 0 Å². The van der Waals surface area contributed by atoms with E-state index in [4.69, 9.17) is 0 Å². The minimum Gasteiger partial charge on any atom is -0.351 e. The molecule has 0 aliphatic carbocycles. The van der Waals surface area contributed by atoms with Crippen molar-refractivity contribution in [2.24, 2.45) is 5.92 Å². The van der Waals surface area contributed by atoms with Gasteiger partial charge in [-0.15, -0.1) is 0 Å². The summed E-state index contributed by atoms with van der Waals surface area (Å²) in [5.41, 5.74) is -0.0550. The molecule has 0 aromatic rings. The second-order valence-corrected chi connectivity index (χ2v) is 4.04. The monoisotopic (exact) mass is 171 g/mol. The summed E-state index contributed by atoms with van der Waals surface area (Å²) in [6.07, 6.45) is 1.88. The van der Waals surface area contributed by atoms with Crippen molar-refractivity contribution in [2.45, 2.75) is 53.0 Å². The lowest BCUT2D eigenvalue weighted by Crippen LogP contribution is -2.45. The standard InChI is InChI=1S/C10H21NO/c1-6-8(3)9(12)11-10(4,5)7-2/h8H,6-7H2,1-5H3,(H,11,12)/t8-/m1/s1. The van der Waals surface area contributed by atoms with Gasteiger partial charge in [0.05, 0.1) is 0 Å². The number of amides is 1. The van der Waals surface area contributed by atoms with Gasteiger partial charge in [-0.1, -0.05) is 20.8 Å². The highest BCUT2D eigenvalue weighted by atomic mass is 16.2. The van der Waals surface area contributed by atoms with Crippen LogP contribution in [-0.4, -0.2) is 11.4 Å². The van der Waals surface area contributed by atoms with Crippen LogP contribution in [0.25, 0.3) is 0 Å². The second-order valence-electron chi connectivity index (χ2n) is 4.04. The van der Waals surface area contributed by atoms with Crippen molar-refractivity contribution in [2.75, 3.05) is 0 Å². The van der Waals surface area contributed by atoms with Crippen molar-refractivity contribution in [3.8, 4) is 0 Å². The Labute approximate surface area is 75.7 Å². The first-order valence-electron chi connectivity index (χ1n) is 4.75. The highest BCUT2D eigenvalue weighted by Crippen LogP contribution is 2.09. The van der Waals surface area contributed by atoms with E-state index >= 15 is 0 Å². The quantitative estimate of drug-likeness (QED) is 0.691. The van der Waals surface area contributed by atoms with E-state index in [1.807, 2.05) is 27.7 Å². The number of hydrogen-bond acceptors (Lipinski definition) is 1. The van der Waals surface area contributed by atoms with Gasteiger partial charge in [0.1, 0.15) is 0 Å². The first-order chi connectivity index (χ1) is 5.43. The summed E-state index contributed by atoms with van der Waals surface area (Å²) in [4.78, 5) is 11.4. The van der Waals surface area contributed by atoms with Crippen LogP contribution in [0.5, 0.6) is 0 Å². The van der Waals surface area contributed by atoms with E-state index in [1.165, 1.54) is 0 Å². The van der Waals surface area contributed by atoms with Crippen LogP contribution < -0.4 is 5.32 Å². The van der Waals surface area contributed by atoms with Crippen LogP contribution in [0, 0.1) is 5.92 Å². The average Bonchev–Trinajstić information content (AvgIpc) is 2.02. The largest absolute Gasteiger partial charge is 0.351 e. The molecule has 2 heteroatoms. The zero-order valence-corrected chi connectivity index (χ0v) is 8.90. The Morgan fingerprint density at radius 1 is 1.42 bits per heavy atom. The number of carbonyl (C=O) groups excluding carboxylic acids is 1. The molecule has 0 aromatic carbocycles. The first kappa shape index (κ1) is 11.5. The fourth-order valence-corrected chi connectivity index (χ4v) is 0.730. The van der Waals surface area contributed by atoms with Crippen molar-refractivity contribution in [3.63, 3.8) is 0 Å². The maximum Gasteiger partial charge on any atom is 0.223 e. The maximum atomic E-state index is 11.4. The summed E-state index contributed by atoms with van der Waals surface area (Å²) < 4.78 is 0. The van der Waals surface area contributed by atoms with Crippen molar-refractivity contribution >= 4 is 5.91 Å². The zero-order valence-electron chi connectivity index (χ0n) is 8.90. The third-order valence-corrected chi connectivity index (χ3v) is 2.41. The molecule has 1 amide bonds. The van der Waals surface area contributed by atoms with Crippen LogP contribution in [0.2, 0.25) is 0 Å². The molecule has 0 radical (unpaired) electrons. The third-order valence-electron chi connectivity index (χ3n) is 2.41. The summed E-state index contributed by atoms with van der Waals surface area (Å²) in [5, 5.41) is 3.02. The fourth-order valence-electron chi connectivity index (χ4n) is 0.730. The zero-order chi connectivity index (χ0) is 9.78. The molecule has 0 aromatic heterocycles. The molecule has 0 heterocycles. The molecule has 0 aliphatic rings. The van der Waals surface area contributed by atoms with E-state index in [0.29, 0.717) is 0 Å². The molecule has 0 spiro atoms. The predicted molar refractivity (Wildman–Crippen MR) is 52.0 cm³/mol. The van der Waals surface area contributed by atoms with Gasteiger partial charge in [-0.3, -0.25) is 4.79 Å². The van der Waals surface area contributed by atoms with Crippen LogP contribution in [0.15, 0.2) is 0 Å². The second kappa shape index (κ2) is 4.48. The molecule has 2 nitrogen and oxygen atoms in total. The van der Waals surface area contributed by atoms with Gasteiger partial charge < -0.3 is 5.32 Å². The average molecular weight is 171 g/mol. The van der Waals surface area contributed by atoms with Crippen molar-refractivity contribution in [3.05, 3.63) is 0 Å². The maximum absolute atomic E-state index is 11.4. The van der Waals surface area contributed by atoms with Gasteiger partial charge in [-0.05, 0) is 26.7 Å². The van der Waals surface area contributed by atoms with Crippen molar-refractivity contribution < 1.29 is 4.79 Å². The van der Waals surface area contributed by atoms with E-state index in [9.17, 15) is 4.79 Å². The smallest absolute Gasteiger partial charge is 0.223 e. The van der Waals surface area contributed by atoms with Gasteiger partial charge in [0.25, 0.3) is 0 Å². The first-order valence-corrected chi connectivity index (χ1v) is 4.75. The lowest BCUT2D eigenvalue weighted by molar-refractivity contribution is -0.126. The van der Waals surface area contributed by atoms with E-state index in [-0.39, 0.29) is 17.4 Å². The van der Waals surface area contributed by atoms with Gasteiger partial charge in [-0.2, -0.15) is 0 Å². The number of carbonyl (C=O) groups is 1. The van der Waals surface area contributed by atoms with Crippen LogP contribution in [-0.2, 0) is 4.79 Å². The Balaban J connectivity index is 4.00. The third kappa shape index (κ3) is 3.74. The van der Waals surface area contributed by atoms with Gasteiger partial charge in [0.15, 0.2) is 0 Å². The summed E-state index contributed by atoms with van der Waals surface area (Å²) in [6.45, 7) is 10.2. The van der Waals surface area contributed by atoms with Crippen molar-refractivity contribution in [1.82, 2.24) is 5.32 Å². The van der Waals surface area contributed by atoms with Gasteiger partial charge >= 0.3 is 0 Å². The molecule has 0 bridgehead atoms. The van der Waals surface area contributed by atoms with E-state index in [0.717, 1.165) is 12.8 Å². The molecule has 0 saturated heterocycles. The molecule has 72 valence electrons. The lowest BCUT2D eigenvalue weighted by atomic mass is 10.00. The minimum absolute atomic E-state index is 0.0550. The molecular weight excluding hydrogens is 150 g/mol. The summed E-state index contributed by atoms with van der Waals surface area (Å²) in [6, 6.07) is 0. The van der Waals surface area contributed by atoms with Crippen LogP contribution >= 0.6 is 0 Å². The molecule has 0 fully saturated rings. The Kier molecular flexibility index (Phi) is 4.29. The summed E-state index contributed by atoms with van der Waals surface area (Å²) >= 11 is 0. The molecule has 0 rings (SSSR count). The number of nitrogens with one attached hydrogen (secondary N) is 1. The Bertz CT molecular complexity index is 152. The van der Waals surface area contributed by atoms with Gasteiger partial charge in [-0.25, -0.2) is 0 Å². The molecule has 12 heavy (non-hydrogen) atoms. The predicted octanol–water partition coefficient (Wildman–Crippen LogP) is 2.34. The van der Waals surface area contributed by atoms with E-state index in [1.54, 1.807) is 0 Å². The molecule has 0 saturated carbocycles. The summed E-state index contributed by atoms with van der Waals surface area (Å²) in [5.74, 6) is 0.306. The SMILES string of the molecule is CC[C@@H](C)C(=O)NC(C)(C)CC. The number of rotatable bonds is 4. The Morgan fingerprint density at radius 3 is 2.25 bits per heavy atom. The molecule has 0 unspecified atom stereocenters. The Morgan fingerprint density at radius 2 is 1.92 bits per heavy atom.